The molecular weight excluding hydrogens is 296 g/mol. The Kier molecular flexibility index (Phi) is 3.31. The molecule has 3 aromatic heterocycles. The summed E-state index contributed by atoms with van der Waals surface area (Å²) < 4.78 is 1.93. The van der Waals surface area contributed by atoms with E-state index in [-0.39, 0.29) is 0 Å². The minimum absolute atomic E-state index is 0.778. The number of thiophene rings is 1. The Morgan fingerprint density at radius 3 is 2.73 bits per heavy atom. The Hall–Kier alpha value is -1.99. The molecule has 4 heterocycles. The molecule has 0 aromatic carbocycles. The summed E-state index contributed by atoms with van der Waals surface area (Å²) in [6.45, 7) is 5.98. The van der Waals surface area contributed by atoms with Gasteiger partial charge in [0.1, 0.15) is 5.82 Å². The zero-order chi connectivity index (χ0) is 15.1. The van der Waals surface area contributed by atoms with Gasteiger partial charge in [-0.1, -0.05) is 0 Å². The van der Waals surface area contributed by atoms with E-state index in [1.807, 2.05) is 17.6 Å². The van der Waals surface area contributed by atoms with Gasteiger partial charge in [-0.05, 0) is 25.4 Å². The van der Waals surface area contributed by atoms with Crippen molar-refractivity contribution in [2.45, 2.75) is 6.92 Å². The Balaban J connectivity index is 1.82. The summed E-state index contributed by atoms with van der Waals surface area (Å²) in [5.41, 5.74) is 2.98. The van der Waals surface area contributed by atoms with Gasteiger partial charge in [0.05, 0.1) is 11.9 Å². The Labute approximate surface area is 133 Å². The van der Waals surface area contributed by atoms with Crippen molar-refractivity contribution in [3.63, 3.8) is 0 Å². The molecule has 0 spiro atoms. The van der Waals surface area contributed by atoms with Crippen LogP contribution in [0.3, 0.4) is 0 Å². The number of aromatic nitrogens is 4. The van der Waals surface area contributed by atoms with Gasteiger partial charge < -0.3 is 9.80 Å². The fourth-order valence-electron chi connectivity index (χ4n) is 2.81. The molecule has 0 aliphatic carbocycles. The maximum absolute atomic E-state index is 4.71. The molecule has 0 amide bonds. The lowest BCUT2D eigenvalue weighted by Crippen LogP contribution is -2.45. The molecule has 1 saturated heterocycles. The van der Waals surface area contributed by atoms with Gasteiger partial charge in [-0.3, -0.25) is 0 Å². The summed E-state index contributed by atoms with van der Waals surface area (Å²) in [4.78, 5) is 14.0. The van der Waals surface area contributed by atoms with Crippen molar-refractivity contribution >= 4 is 22.8 Å². The maximum Gasteiger partial charge on any atom is 0.199 e. The van der Waals surface area contributed by atoms with Crippen molar-refractivity contribution in [1.82, 2.24) is 24.5 Å². The third kappa shape index (κ3) is 2.26. The van der Waals surface area contributed by atoms with Crippen molar-refractivity contribution in [3.8, 4) is 11.3 Å². The molecule has 22 heavy (non-hydrogen) atoms. The SMILES string of the molecule is Cc1nc2c(N3CCN(C)CC3)ncc(-c3ccsc3)n2n1. The summed E-state index contributed by atoms with van der Waals surface area (Å²) in [6.07, 6.45) is 1.91. The van der Waals surface area contributed by atoms with Crippen molar-refractivity contribution in [2.24, 2.45) is 0 Å². The van der Waals surface area contributed by atoms with E-state index in [1.54, 1.807) is 11.3 Å². The fraction of sp³-hybridized carbons (Fsp3) is 0.400. The van der Waals surface area contributed by atoms with Gasteiger partial charge in [-0.25, -0.2) is 14.5 Å². The van der Waals surface area contributed by atoms with Gasteiger partial charge in [0, 0.05) is 37.1 Å². The zero-order valence-corrected chi connectivity index (χ0v) is 13.5. The quantitative estimate of drug-likeness (QED) is 0.723. The van der Waals surface area contributed by atoms with Gasteiger partial charge in [0.2, 0.25) is 0 Å². The zero-order valence-electron chi connectivity index (χ0n) is 12.7. The van der Waals surface area contributed by atoms with Crippen LogP contribution in [0.15, 0.2) is 23.0 Å². The average Bonchev–Trinajstić information content (AvgIpc) is 3.15. The molecule has 0 radical (unpaired) electrons. The topological polar surface area (TPSA) is 49.6 Å². The number of aryl methyl sites for hydroxylation is 1. The maximum atomic E-state index is 4.71. The van der Waals surface area contributed by atoms with Crippen molar-refractivity contribution in [1.29, 1.82) is 0 Å². The smallest absolute Gasteiger partial charge is 0.199 e. The minimum atomic E-state index is 0.778. The third-order valence-electron chi connectivity index (χ3n) is 4.07. The fourth-order valence-corrected chi connectivity index (χ4v) is 3.46. The molecule has 6 nitrogen and oxygen atoms in total. The highest BCUT2D eigenvalue weighted by atomic mass is 32.1. The summed E-state index contributed by atoms with van der Waals surface area (Å²) in [7, 11) is 2.15. The predicted octanol–water partition coefficient (Wildman–Crippen LogP) is 1.91. The first-order valence-corrected chi connectivity index (χ1v) is 8.35. The number of nitrogens with zero attached hydrogens (tertiary/aromatic N) is 6. The first-order chi connectivity index (χ1) is 10.7. The van der Waals surface area contributed by atoms with E-state index in [1.165, 1.54) is 0 Å². The highest BCUT2D eigenvalue weighted by Crippen LogP contribution is 2.26. The standard InChI is InChI=1S/C15H18N6S/c1-11-17-15-14(20-6-4-19(2)5-7-20)16-9-13(21(15)18-11)12-3-8-22-10-12/h3,8-10H,4-7H2,1-2H3. The predicted molar refractivity (Wildman–Crippen MR) is 88.5 cm³/mol. The molecule has 0 saturated carbocycles. The van der Waals surface area contributed by atoms with Crippen LogP contribution in [-0.4, -0.2) is 57.7 Å². The molecular formula is C15H18N6S. The highest BCUT2D eigenvalue weighted by Gasteiger charge is 2.21. The van der Waals surface area contributed by atoms with E-state index in [2.05, 4.69) is 43.8 Å². The molecule has 1 fully saturated rings. The lowest BCUT2D eigenvalue weighted by Gasteiger charge is -2.33. The van der Waals surface area contributed by atoms with Gasteiger partial charge in [0.25, 0.3) is 0 Å². The van der Waals surface area contributed by atoms with E-state index >= 15 is 0 Å². The van der Waals surface area contributed by atoms with Crippen LogP contribution in [0.25, 0.3) is 16.9 Å². The summed E-state index contributed by atoms with van der Waals surface area (Å²) in [5, 5.41) is 8.76. The van der Waals surface area contributed by atoms with Crippen LogP contribution < -0.4 is 4.90 Å². The molecule has 1 aliphatic heterocycles. The number of fused-ring (bicyclic) bond motifs is 1. The third-order valence-corrected chi connectivity index (χ3v) is 4.75. The van der Waals surface area contributed by atoms with E-state index in [9.17, 15) is 0 Å². The number of hydrogen-bond acceptors (Lipinski definition) is 6. The minimum Gasteiger partial charge on any atom is -0.351 e. The molecule has 4 rings (SSSR count). The second-order valence-corrected chi connectivity index (χ2v) is 6.44. The van der Waals surface area contributed by atoms with E-state index < -0.39 is 0 Å². The van der Waals surface area contributed by atoms with Crippen LogP contribution in [0, 0.1) is 6.92 Å². The highest BCUT2D eigenvalue weighted by molar-refractivity contribution is 7.08. The molecule has 0 unspecified atom stereocenters. The summed E-state index contributed by atoms with van der Waals surface area (Å²) in [6, 6.07) is 2.09. The van der Waals surface area contributed by atoms with Gasteiger partial charge in [-0.15, -0.1) is 0 Å². The van der Waals surface area contributed by atoms with Gasteiger partial charge in [0.15, 0.2) is 11.5 Å². The number of rotatable bonds is 2. The molecule has 3 aromatic rings. The van der Waals surface area contributed by atoms with Crippen LogP contribution in [0.4, 0.5) is 5.82 Å². The second-order valence-electron chi connectivity index (χ2n) is 5.66. The first kappa shape index (κ1) is 13.7. The monoisotopic (exact) mass is 314 g/mol. The van der Waals surface area contributed by atoms with Crippen molar-refractivity contribution in [2.75, 3.05) is 38.1 Å². The first-order valence-electron chi connectivity index (χ1n) is 7.41. The van der Waals surface area contributed by atoms with Crippen LogP contribution in [-0.2, 0) is 0 Å². The van der Waals surface area contributed by atoms with Crippen molar-refractivity contribution < 1.29 is 0 Å². The van der Waals surface area contributed by atoms with E-state index in [4.69, 9.17) is 4.98 Å². The van der Waals surface area contributed by atoms with Crippen LogP contribution >= 0.6 is 11.3 Å². The number of likely N-dealkylation sites (N-methyl/N-ethyl adjacent to an activating group) is 1. The molecule has 0 N–H and O–H groups in total. The van der Waals surface area contributed by atoms with E-state index in [0.717, 1.165) is 54.7 Å². The Morgan fingerprint density at radius 2 is 2.00 bits per heavy atom. The number of piperazine rings is 1. The summed E-state index contributed by atoms with van der Waals surface area (Å²) in [5.74, 6) is 1.72. The van der Waals surface area contributed by atoms with E-state index in [0.29, 0.717) is 0 Å². The van der Waals surface area contributed by atoms with Crippen LogP contribution in [0.1, 0.15) is 5.82 Å². The lowest BCUT2D eigenvalue weighted by molar-refractivity contribution is 0.312. The van der Waals surface area contributed by atoms with Gasteiger partial charge in [-0.2, -0.15) is 16.4 Å². The summed E-state index contributed by atoms with van der Waals surface area (Å²) >= 11 is 1.68. The molecule has 0 atom stereocenters. The van der Waals surface area contributed by atoms with Gasteiger partial charge >= 0.3 is 0 Å². The largest absolute Gasteiger partial charge is 0.351 e. The molecule has 0 bridgehead atoms. The molecule has 7 heteroatoms. The number of hydrogen-bond donors (Lipinski definition) is 0. The van der Waals surface area contributed by atoms with Crippen LogP contribution in [0.2, 0.25) is 0 Å². The number of anilines is 1. The van der Waals surface area contributed by atoms with Crippen molar-refractivity contribution in [3.05, 3.63) is 28.8 Å². The normalized spacial score (nSPS) is 16.5. The van der Waals surface area contributed by atoms with Crippen LogP contribution in [0.5, 0.6) is 0 Å². The molecule has 114 valence electrons. The second kappa shape index (κ2) is 5.33. The average molecular weight is 314 g/mol. The lowest BCUT2D eigenvalue weighted by atomic mass is 10.2. The Bertz CT molecular complexity index is 786. The Morgan fingerprint density at radius 1 is 1.18 bits per heavy atom. The molecule has 1 aliphatic rings.